The van der Waals surface area contributed by atoms with E-state index in [-0.39, 0.29) is 23.7 Å². The number of rotatable bonds is 6. The SMILES string of the molecule is CC(C)(C)CNCC(=O)N(c1ccc(N2CCOCC2)cc1)c1ccnc(C#N)n1. The van der Waals surface area contributed by atoms with Gasteiger partial charge in [-0.05, 0) is 35.7 Å². The number of hydrogen-bond donors (Lipinski definition) is 1. The molecule has 1 aliphatic heterocycles. The predicted octanol–water partition coefficient (Wildman–Crippen LogP) is 2.49. The van der Waals surface area contributed by atoms with Crippen molar-refractivity contribution in [2.45, 2.75) is 20.8 Å². The average Bonchev–Trinajstić information content (AvgIpc) is 2.74. The second-order valence-corrected chi connectivity index (χ2v) is 8.36. The molecule has 3 rings (SSSR count). The Balaban J connectivity index is 1.84. The van der Waals surface area contributed by atoms with Gasteiger partial charge in [-0.1, -0.05) is 20.8 Å². The number of anilines is 3. The molecule has 0 spiro atoms. The van der Waals surface area contributed by atoms with Crippen molar-refractivity contribution in [3.63, 3.8) is 0 Å². The van der Waals surface area contributed by atoms with Crippen LogP contribution in [-0.2, 0) is 9.53 Å². The summed E-state index contributed by atoms with van der Waals surface area (Å²) >= 11 is 0. The summed E-state index contributed by atoms with van der Waals surface area (Å²) in [6, 6.07) is 11.4. The monoisotopic (exact) mass is 408 g/mol. The van der Waals surface area contributed by atoms with Gasteiger partial charge in [0.05, 0.1) is 25.4 Å². The third kappa shape index (κ3) is 5.75. The minimum Gasteiger partial charge on any atom is -0.378 e. The van der Waals surface area contributed by atoms with Crippen LogP contribution in [0.3, 0.4) is 0 Å². The fourth-order valence-corrected chi connectivity index (χ4v) is 3.19. The highest BCUT2D eigenvalue weighted by molar-refractivity contribution is 6.01. The predicted molar refractivity (Wildman–Crippen MR) is 116 cm³/mol. The van der Waals surface area contributed by atoms with E-state index >= 15 is 0 Å². The number of morpholine rings is 1. The average molecular weight is 409 g/mol. The van der Waals surface area contributed by atoms with Gasteiger partial charge in [0.1, 0.15) is 11.9 Å². The Morgan fingerprint density at radius 3 is 2.57 bits per heavy atom. The summed E-state index contributed by atoms with van der Waals surface area (Å²) in [6.07, 6.45) is 1.49. The van der Waals surface area contributed by atoms with E-state index in [1.807, 2.05) is 30.3 Å². The number of hydrogen-bond acceptors (Lipinski definition) is 7. The molecule has 1 N–H and O–H groups in total. The van der Waals surface area contributed by atoms with E-state index in [1.165, 1.54) is 11.1 Å². The Labute approximate surface area is 177 Å². The number of amides is 1. The zero-order valence-electron chi connectivity index (χ0n) is 17.8. The van der Waals surface area contributed by atoms with Crippen LogP contribution in [0.2, 0.25) is 0 Å². The second-order valence-electron chi connectivity index (χ2n) is 8.36. The van der Waals surface area contributed by atoms with E-state index in [0.717, 1.165) is 18.8 Å². The number of nitrogens with one attached hydrogen (secondary N) is 1. The van der Waals surface area contributed by atoms with E-state index in [4.69, 9.17) is 10.00 Å². The van der Waals surface area contributed by atoms with Crippen LogP contribution in [0, 0.1) is 16.7 Å². The lowest BCUT2D eigenvalue weighted by Gasteiger charge is -2.29. The summed E-state index contributed by atoms with van der Waals surface area (Å²) < 4.78 is 5.41. The van der Waals surface area contributed by atoms with Gasteiger partial charge in [-0.2, -0.15) is 5.26 Å². The molecule has 30 heavy (non-hydrogen) atoms. The molecule has 158 valence electrons. The van der Waals surface area contributed by atoms with Crippen molar-refractivity contribution >= 4 is 23.1 Å². The fraction of sp³-hybridized carbons (Fsp3) is 0.455. The minimum atomic E-state index is -0.152. The summed E-state index contributed by atoms with van der Waals surface area (Å²) in [7, 11) is 0. The van der Waals surface area contributed by atoms with E-state index in [0.29, 0.717) is 31.3 Å². The van der Waals surface area contributed by atoms with Gasteiger partial charge in [-0.3, -0.25) is 9.69 Å². The molecule has 0 saturated carbocycles. The molecular weight excluding hydrogens is 380 g/mol. The van der Waals surface area contributed by atoms with Crippen molar-refractivity contribution < 1.29 is 9.53 Å². The van der Waals surface area contributed by atoms with Crippen molar-refractivity contribution in [1.82, 2.24) is 15.3 Å². The van der Waals surface area contributed by atoms with Crippen LogP contribution in [0.15, 0.2) is 36.5 Å². The first-order valence-electron chi connectivity index (χ1n) is 10.1. The maximum absolute atomic E-state index is 13.1. The van der Waals surface area contributed by atoms with E-state index in [2.05, 4.69) is 41.0 Å². The number of carbonyl (C=O) groups is 1. The Kier molecular flexibility index (Phi) is 6.98. The summed E-state index contributed by atoms with van der Waals surface area (Å²) in [4.78, 5) is 25.0. The minimum absolute atomic E-state index is 0.0258. The summed E-state index contributed by atoms with van der Waals surface area (Å²) in [5.41, 5.74) is 1.84. The number of aromatic nitrogens is 2. The smallest absolute Gasteiger partial charge is 0.246 e. The molecule has 2 heterocycles. The Morgan fingerprint density at radius 2 is 1.93 bits per heavy atom. The number of ether oxygens (including phenoxy) is 1. The first-order valence-corrected chi connectivity index (χ1v) is 10.1. The number of nitrogens with zero attached hydrogens (tertiary/aromatic N) is 5. The Morgan fingerprint density at radius 1 is 1.23 bits per heavy atom. The summed E-state index contributed by atoms with van der Waals surface area (Å²) in [5, 5.41) is 12.4. The van der Waals surface area contributed by atoms with Gasteiger partial charge < -0.3 is 15.0 Å². The molecule has 1 amide bonds. The van der Waals surface area contributed by atoms with Crippen LogP contribution in [0.1, 0.15) is 26.6 Å². The second kappa shape index (κ2) is 9.65. The van der Waals surface area contributed by atoms with Crippen molar-refractivity contribution in [3.8, 4) is 6.07 Å². The Bertz CT molecular complexity index is 895. The molecule has 1 fully saturated rings. The molecule has 1 aromatic carbocycles. The highest BCUT2D eigenvalue weighted by Crippen LogP contribution is 2.27. The molecule has 0 bridgehead atoms. The lowest BCUT2D eigenvalue weighted by Crippen LogP contribution is -2.39. The van der Waals surface area contributed by atoms with E-state index in [1.54, 1.807) is 6.07 Å². The largest absolute Gasteiger partial charge is 0.378 e. The third-order valence-electron chi connectivity index (χ3n) is 4.64. The van der Waals surface area contributed by atoms with Crippen LogP contribution in [0.4, 0.5) is 17.2 Å². The zero-order valence-corrected chi connectivity index (χ0v) is 17.8. The molecule has 1 saturated heterocycles. The molecule has 1 aromatic heterocycles. The lowest BCUT2D eigenvalue weighted by atomic mass is 9.97. The molecule has 8 nitrogen and oxygen atoms in total. The fourth-order valence-electron chi connectivity index (χ4n) is 3.19. The van der Waals surface area contributed by atoms with Crippen molar-refractivity contribution in [2.75, 3.05) is 49.2 Å². The molecule has 0 atom stereocenters. The number of nitriles is 1. The highest BCUT2D eigenvalue weighted by Gasteiger charge is 2.21. The normalized spacial score (nSPS) is 14.3. The van der Waals surface area contributed by atoms with Gasteiger partial charge in [-0.15, -0.1) is 0 Å². The number of benzene rings is 1. The standard InChI is InChI=1S/C22H28N6O2/c1-22(2,3)16-24-15-21(29)28(20-8-9-25-19(14-23)26-20)18-6-4-17(5-7-18)27-10-12-30-13-11-27/h4-9,24H,10-13,15-16H2,1-3H3. The quantitative estimate of drug-likeness (QED) is 0.785. The van der Waals surface area contributed by atoms with Gasteiger partial charge in [0.2, 0.25) is 11.7 Å². The summed E-state index contributed by atoms with van der Waals surface area (Å²) in [6.45, 7) is 10.3. The van der Waals surface area contributed by atoms with Crippen LogP contribution in [0.5, 0.6) is 0 Å². The van der Waals surface area contributed by atoms with Gasteiger partial charge in [0.25, 0.3) is 0 Å². The van der Waals surface area contributed by atoms with Crippen LogP contribution in [0.25, 0.3) is 0 Å². The Hall–Kier alpha value is -3.02. The molecule has 0 unspecified atom stereocenters. The molecule has 0 radical (unpaired) electrons. The summed E-state index contributed by atoms with van der Waals surface area (Å²) in [5.74, 6) is 0.252. The lowest BCUT2D eigenvalue weighted by molar-refractivity contribution is -0.117. The maximum Gasteiger partial charge on any atom is 0.246 e. The molecule has 0 aliphatic carbocycles. The number of carbonyl (C=O) groups excluding carboxylic acids is 1. The van der Waals surface area contributed by atoms with Gasteiger partial charge >= 0.3 is 0 Å². The van der Waals surface area contributed by atoms with Gasteiger partial charge in [0.15, 0.2) is 0 Å². The van der Waals surface area contributed by atoms with Crippen molar-refractivity contribution in [3.05, 3.63) is 42.4 Å². The van der Waals surface area contributed by atoms with Crippen molar-refractivity contribution in [2.24, 2.45) is 5.41 Å². The van der Waals surface area contributed by atoms with Crippen LogP contribution in [-0.4, -0.2) is 55.3 Å². The maximum atomic E-state index is 13.1. The molecule has 8 heteroatoms. The van der Waals surface area contributed by atoms with Crippen LogP contribution >= 0.6 is 0 Å². The zero-order chi connectivity index (χ0) is 21.6. The molecule has 1 aliphatic rings. The van der Waals surface area contributed by atoms with E-state index in [9.17, 15) is 4.79 Å². The van der Waals surface area contributed by atoms with E-state index < -0.39 is 0 Å². The molecular formula is C22H28N6O2. The van der Waals surface area contributed by atoms with Crippen LogP contribution < -0.4 is 15.1 Å². The highest BCUT2D eigenvalue weighted by atomic mass is 16.5. The first kappa shape index (κ1) is 21.7. The van der Waals surface area contributed by atoms with Gasteiger partial charge in [-0.25, -0.2) is 9.97 Å². The van der Waals surface area contributed by atoms with Crippen molar-refractivity contribution in [1.29, 1.82) is 5.26 Å². The first-order chi connectivity index (χ1) is 14.4. The van der Waals surface area contributed by atoms with Gasteiger partial charge in [0, 0.05) is 31.5 Å². The third-order valence-corrected chi connectivity index (χ3v) is 4.64. The molecule has 2 aromatic rings. The topological polar surface area (TPSA) is 94.4 Å².